The molecular formula is C24H18BrN3O2. The van der Waals surface area contributed by atoms with Gasteiger partial charge in [0, 0.05) is 33.7 Å². The highest BCUT2D eigenvalue weighted by atomic mass is 79.9. The molecule has 5 nitrogen and oxygen atoms in total. The number of carbonyl (C=O) groups excluding carboxylic acids is 1. The summed E-state index contributed by atoms with van der Waals surface area (Å²) in [6, 6.07) is 21.7. The van der Waals surface area contributed by atoms with Crippen molar-refractivity contribution in [2.75, 3.05) is 0 Å². The Morgan fingerprint density at radius 1 is 1.13 bits per heavy atom. The Morgan fingerprint density at radius 3 is 2.67 bits per heavy atom. The highest BCUT2D eigenvalue weighted by Crippen LogP contribution is 2.25. The molecule has 4 aromatic rings. The molecule has 2 heterocycles. The van der Waals surface area contributed by atoms with Crippen molar-refractivity contribution >= 4 is 38.8 Å². The average Bonchev–Trinajstić information content (AvgIpc) is 3.40. The van der Waals surface area contributed by atoms with Gasteiger partial charge in [-0.2, -0.15) is 5.26 Å². The van der Waals surface area contributed by atoms with Gasteiger partial charge in [-0.25, -0.2) is 0 Å². The SMILES string of the molecule is N#C/C(=C/c1cn(Cc2ccc(Br)cc2)c2ccccc12)C(=O)NCc1ccco1. The van der Waals surface area contributed by atoms with Gasteiger partial charge < -0.3 is 14.3 Å². The lowest BCUT2D eigenvalue weighted by Gasteiger charge is -2.05. The highest BCUT2D eigenvalue weighted by Gasteiger charge is 2.13. The van der Waals surface area contributed by atoms with E-state index >= 15 is 0 Å². The first-order valence-electron chi connectivity index (χ1n) is 9.39. The van der Waals surface area contributed by atoms with Crippen LogP contribution in [0.2, 0.25) is 0 Å². The van der Waals surface area contributed by atoms with Crippen LogP contribution in [0.5, 0.6) is 0 Å². The predicted octanol–water partition coefficient (Wildman–Crippen LogP) is 5.27. The molecule has 0 atom stereocenters. The Kier molecular flexibility index (Phi) is 5.82. The number of fused-ring (bicyclic) bond motifs is 1. The first-order chi connectivity index (χ1) is 14.6. The molecule has 0 saturated heterocycles. The van der Waals surface area contributed by atoms with Crippen molar-refractivity contribution < 1.29 is 9.21 Å². The van der Waals surface area contributed by atoms with E-state index in [2.05, 4.69) is 37.9 Å². The number of para-hydroxylation sites is 1. The largest absolute Gasteiger partial charge is 0.467 e. The van der Waals surface area contributed by atoms with Crippen molar-refractivity contribution in [1.29, 1.82) is 5.26 Å². The molecule has 0 radical (unpaired) electrons. The summed E-state index contributed by atoms with van der Waals surface area (Å²) in [6.45, 7) is 0.921. The lowest BCUT2D eigenvalue weighted by atomic mass is 10.1. The second kappa shape index (κ2) is 8.85. The van der Waals surface area contributed by atoms with Gasteiger partial charge in [-0.3, -0.25) is 4.79 Å². The van der Waals surface area contributed by atoms with Gasteiger partial charge in [-0.1, -0.05) is 46.3 Å². The minimum Gasteiger partial charge on any atom is -0.467 e. The summed E-state index contributed by atoms with van der Waals surface area (Å²) in [4.78, 5) is 12.5. The summed E-state index contributed by atoms with van der Waals surface area (Å²) >= 11 is 3.46. The van der Waals surface area contributed by atoms with Gasteiger partial charge in [-0.15, -0.1) is 0 Å². The van der Waals surface area contributed by atoms with Crippen LogP contribution in [0.25, 0.3) is 17.0 Å². The number of amides is 1. The number of nitriles is 1. The predicted molar refractivity (Wildman–Crippen MR) is 119 cm³/mol. The molecule has 0 unspecified atom stereocenters. The van der Waals surface area contributed by atoms with E-state index in [0.717, 1.165) is 26.5 Å². The van der Waals surface area contributed by atoms with E-state index in [1.165, 1.54) is 0 Å². The van der Waals surface area contributed by atoms with Crippen LogP contribution in [0.1, 0.15) is 16.9 Å². The number of rotatable bonds is 6. The zero-order valence-corrected chi connectivity index (χ0v) is 17.6. The van der Waals surface area contributed by atoms with Crippen molar-refractivity contribution in [3.63, 3.8) is 0 Å². The highest BCUT2D eigenvalue weighted by molar-refractivity contribution is 9.10. The molecular weight excluding hydrogens is 442 g/mol. The standard InChI is InChI=1S/C24H18BrN3O2/c25-20-9-7-17(8-10-20)15-28-16-19(22-5-1-2-6-23(22)28)12-18(13-26)24(29)27-14-21-4-3-11-30-21/h1-12,16H,14-15H2,(H,27,29)/b18-12-. The third-order valence-electron chi connectivity index (χ3n) is 4.75. The molecule has 0 aliphatic rings. The van der Waals surface area contributed by atoms with Crippen LogP contribution in [0.3, 0.4) is 0 Å². The van der Waals surface area contributed by atoms with Gasteiger partial charge in [0.1, 0.15) is 17.4 Å². The van der Waals surface area contributed by atoms with Crippen LogP contribution < -0.4 is 5.32 Å². The molecule has 2 aromatic carbocycles. The fourth-order valence-corrected chi connectivity index (χ4v) is 3.55. The summed E-state index contributed by atoms with van der Waals surface area (Å²) in [6.07, 6.45) is 5.16. The quantitative estimate of drug-likeness (QED) is 0.315. The molecule has 0 saturated carbocycles. The fraction of sp³-hybridized carbons (Fsp3) is 0.0833. The lowest BCUT2D eigenvalue weighted by Crippen LogP contribution is -2.23. The first kappa shape index (κ1) is 19.7. The van der Waals surface area contributed by atoms with Crippen LogP contribution >= 0.6 is 15.9 Å². The number of aromatic nitrogens is 1. The fourth-order valence-electron chi connectivity index (χ4n) is 3.29. The maximum atomic E-state index is 12.5. The molecule has 4 rings (SSSR count). The molecule has 148 valence electrons. The Hall–Kier alpha value is -3.56. The molecule has 0 spiro atoms. The molecule has 0 bridgehead atoms. The van der Waals surface area contributed by atoms with Crippen LogP contribution in [0, 0.1) is 11.3 Å². The molecule has 1 amide bonds. The third-order valence-corrected chi connectivity index (χ3v) is 5.28. The summed E-state index contributed by atoms with van der Waals surface area (Å²) in [5.41, 5.74) is 3.08. The normalized spacial score (nSPS) is 11.4. The summed E-state index contributed by atoms with van der Waals surface area (Å²) in [5, 5.41) is 13.3. The zero-order chi connectivity index (χ0) is 20.9. The molecule has 6 heteroatoms. The van der Waals surface area contributed by atoms with Gasteiger partial charge >= 0.3 is 0 Å². The third kappa shape index (κ3) is 4.37. The number of benzene rings is 2. The Bertz CT molecular complexity index is 1250. The van der Waals surface area contributed by atoms with Gasteiger partial charge in [-0.05, 0) is 42.0 Å². The number of nitrogens with zero attached hydrogens (tertiary/aromatic N) is 2. The van der Waals surface area contributed by atoms with E-state index in [0.29, 0.717) is 12.3 Å². The van der Waals surface area contributed by atoms with Crippen molar-refractivity contribution in [2.45, 2.75) is 13.1 Å². The second-order valence-corrected chi connectivity index (χ2v) is 7.70. The topological polar surface area (TPSA) is 71.0 Å². The van der Waals surface area contributed by atoms with Crippen molar-refractivity contribution in [1.82, 2.24) is 9.88 Å². The minimum atomic E-state index is -0.432. The first-order valence-corrected chi connectivity index (χ1v) is 10.2. The van der Waals surface area contributed by atoms with E-state index in [1.807, 2.05) is 48.7 Å². The number of hydrogen-bond acceptors (Lipinski definition) is 3. The number of hydrogen-bond donors (Lipinski definition) is 1. The van der Waals surface area contributed by atoms with E-state index in [-0.39, 0.29) is 12.1 Å². The monoisotopic (exact) mass is 459 g/mol. The van der Waals surface area contributed by atoms with Gasteiger partial charge in [0.25, 0.3) is 5.91 Å². The Morgan fingerprint density at radius 2 is 1.93 bits per heavy atom. The summed E-state index contributed by atoms with van der Waals surface area (Å²) in [7, 11) is 0. The maximum absolute atomic E-state index is 12.5. The smallest absolute Gasteiger partial charge is 0.262 e. The van der Waals surface area contributed by atoms with Crippen LogP contribution in [0.4, 0.5) is 0 Å². The van der Waals surface area contributed by atoms with Crippen molar-refractivity contribution in [3.8, 4) is 6.07 Å². The number of halogens is 1. The van der Waals surface area contributed by atoms with Crippen LogP contribution in [-0.2, 0) is 17.9 Å². The van der Waals surface area contributed by atoms with Crippen molar-refractivity contribution in [2.24, 2.45) is 0 Å². The molecule has 0 fully saturated rings. The van der Waals surface area contributed by atoms with Gasteiger partial charge in [0.2, 0.25) is 0 Å². The van der Waals surface area contributed by atoms with Crippen molar-refractivity contribution in [3.05, 3.63) is 100 Å². The van der Waals surface area contributed by atoms with Crippen LogP contribution in [-0.4, -0.2) is 10.5 Å². The second-order valence-electron chi connectivity index (χ2n) is 6.79. The molecule has 0 aliphatic heterocycles. The number of furan rings is 1. The molecule has 2 aromatic heterocycles. The van der Waals surface area contributed by atoms with E-state index in [1.54, 1.807) is 24.5 Å². The Labute approximate surface area is 182 Å². The zero-order valence-electron chi connectivity index (χ0n) is 16.0. The minimum absolute atomic E-state index is 0.0492. The lowest BCUT2D eigenvalue weighted by molar-refractivity contribution is -0.117. The van der Waals surface area contributed by atoms with Crippen LogP contribution in [0.15, 0.2) is 87.6 Å². The molecule has 0 aliphatic carbocycles. The Balaban J connectivity index is 1.63. The van der Waals surface area contributed by atoms with E-state index in [4.69, 9.17) is 4.42 Å². The van der Waals surface area contributed by atoms with E-state index in [9.17, 15) is 10.1 Å². The molecule has 1 N–H and O–H groups in total. The van der Waals surface area contributed by atoms with Gasteiger partial charge in [0.15, 0.2) is 0 Å². The molecule has 30 heavy (non-hydrogen) atoms. The van der Waals surface area contributed by atoms with E-state index < -0.39 is 5.91 Å². The maximum Gasteiger partial charge on any atom is 0.262 e. The van der Waals surface area contributed by atoms with Gasteiger partial charge in [0.05, 0.1) is 12.8 Å². The number of nitrogens with one attached hydrogen (secondary N) is 1. The summed E-state index contributed by atoms with van der Waals surface area (Å²) in [5.74, 6) is 0.199. The summed E-state index contributed by atoms with van der Waals surface area (Å²) < 4.78 is 8.38. The number of carbonyl (C=O) groups is 1. The average molecular weight is 460 g/mol.